The Kier molecular flexibility index (Phi) is 14.7. The van der Waals surface area contributed by atoms with E-state index in [9.17, 15) is 4.79 Å². The minimum atomic E-state index is -0.139. The Morgan fingerprint density at radius 2 is 2.00 bits per heavy atom. The molecular weight excluding hydrogens is 156 g/mol. The van der Waals surface area contributed by atoms with Gasteiger partial charge in [-0.05, 0) is 6.92 Å². The second-order valence-electron chi connectivity index (χ2n) is 1.16. The maximum Gasteiger partial charge on any atom is 0.182 e. The van der Waals surface area contributed by atoms with Crippen LogP contribution in [0.5, 0.6) is 0 Å². The topological polar surface area (TPSA) is 44.8 Å². The maximum atomic E-state index is 9.31. The van der Waals surface area contributed by atoms with Crippen molar-refractivity contribution in [3.05, 3.63) is 0 Å². The van der Waals surface area contributed by atoms with Crippen LogP contribution in [0.1, 0.15) is 13.8 Å². The van der Waals surface area contributed by atoms with Crippen molar-refractivity contribution in [1.82, 2.24) is 0 Å². The normalized spacial score (nSPS) is 8.00. The van der Waals surface area contributed by atoms with Crippen LogP contribution in [0.3, 0.4) is 0 Å². The summed E-state index contributed by atoms with van der Waals surface area (Å²) in [5.41, 5.74) is 0. The highest BCUT2D eigenvalue weighted by molar-refractivity contribution is 7.96. The molecule has 10 heavy (non-hydrogen) atoms. The summed E-state index contributed by atoms with van der Waals surface area (Å²) in [6.07, 6.45) is 0. The van der Waals surface area contributed by atoms with Crippen molar-refractivity contribution >= 4 is 17.7 Å². The Morgan fingerprint density at radius 3 is 2.10 bits per heavy atom. The van der Waals surface area contributed by atoms with Crippen LogP contribution < -0.4 is 0 Å². The van der Waals surface area contributed by atoms with E-state index >= 15 is 0 Å². The Labute approximate surface area is 65.7 Å². The predicted molar refractivity (Wildman–Crippen MR) is 39.4 cm³/mol. The Morgan fingerprint density at radius 1 is 1.60 bits per heavy atom. The van der Waals surface area contributed by atoms with Crippen LogP contribution in [0.2, 0.25) is 0 Å². The Hall–Kier alpha value is -0.100. The van der Waals surface area contributed by atoms with Gasteiger partial charge < -0.3 is 0 Å². The van der Waals surface area contributed by atoms with E-state index in [1.807, 2.05) is 0 Å². The van der Waals surface area contributed by atoms with Crippen molar-refractivity contribution < 1.29 is 19.6 Å². The van der Waals surface area contributed by atoms with Crippen LogP contribution >= 0.6 is 12.6 Å². The second-order valence-corrected chi connectivity index (χ2v) is 1.79. The van der Waals surface area contributed by atoms with Gasteiger partial charge in [-0.1, -0.05) is 5.04 Å². The highest BCUT2D eigenvalue weighted by Crippen LogP contribution is 1.72. The summed E-state index contributed by atoms with van der Waals surface area (Å²) in [6.45, 7) is 3.70. The van der Waals surface area contributed by atoms with Crippen molar-refractivity contribution in [1.29, 1.82) is 0 Å². The third-order valence-corrected chi connectivity index (χ3v) is 0.234. The van der Waals surface area contributed by atoms with Gasteiger partial charge in [0.05, 0.1) is 13.7 Å². The molecule has 0 radical (unpaired) electrons. The van der Waals surface area contributed by atoms with Gasteiger partial charge in [-0.15, -0.1) is 12.6 Å². The molecule has 0 heterocycles. The van der Waals surface area contributed by atoms with E-state index < -0.39 is 0 Å². The van der Waals surface area contributed by atoms with Crippen molar-refractivity contribution in [3.63, 3.8) is 0 Å². The highest BCUT2D eigenvalue weighted by Gasteiger charge is 1.72. The van der Waals surface area contributed by atoms with Crippen LogP contribution in [0.25, 0.3) is 0 Å². The first-order chi connectivity index (χ1) is 4.65. The van der Waals surface area contributed by atoms with Gasteiger partial charge in [0, 0.05) is 6.92 Å². The first-order valence-corrected chi connectivity index (χ1v) is 3.11. The van der Waals surface area contributed by atoms with Crippen molar-refractivity contribution in [2.75, 3.05) is 13.7 Å². The van der Waals surface area contributed by atoms with Crippen molar-refractivity contribution in [3.8, 4) is 0 Å². The van der Waals surface area contributed by atoms with E-state index in [1.165, 1.54) is 14.0 Å². The van der Waals surface area contributed by atoms with E-state index in [2.05, 4.69) is 27.4 Å². The molecule has 0 rings (SSSR count). The van der Waals surface area contributed by atoms with Gasteiger partial charge in [-0.3, -0.25) is 4.79 Å². The first-order valence-electron chi connectivity index (χ1n) is 2.67. The number of hydrogen-bond donors (Lipinski definition) is 1. The molecule has 62 valence electrons. The molecule has 0 spiro atoms. The lowest BCUT2D eigenvalue weighted by molar-refractivity contribution is -0.500. The monoisotopic (exact) mass is 168 g/mol. The van der Waals surface area contributed by atoms with Gasteiger partial charge in [0.2, 0.25) is 0 Å². The molecule has 5 heteroatoms. The molecule has 0 aromatic heterocycles. The molecule has 4 nitrogen and oxygen atoms in total. The van der Waals surface area contributed by atoms with Crippen molar-refractivity contribution in [2.45, 2.75) is 13.8 Å². The predicted octanol–water partition coefficient (Wildman–Crippen LogP) is 0.979. The molecule has 0 aliphatic carbocycles. The van der Waals surface area contributed by atoms with Gasteiger partial charge in [-0.2, -0.15) is 0 Å². The van der Waals surface area contributed by atoms with E-state index in [0.717, 1.165) is 0 Å². The maximum absolute atomic E-state index is 9.31. The number of rotatable bonds is 3. The molecule has 0 saturated heterocycles. The molecule has 0 aliphatic rings. The van der Waals surface area contributed by atoms with Crippen LogP contribution in [-0.2, 0) is 19.6 Å². The summed E-state index contributed by atoms with van der Waals surface area (Å²) in [5.74, 6) is 0. The fourth-order valence-corrected chi connectivity index (χ4v) is 0.0962. The summed E-state index contributed by atoms with van der Waals surface area (Å²) >= 11 is 3.33. The van der Waals surface area contributed by atoms with Crippen LogP contribution in [0.15, 0.2) is 0 Å². The summed E-state index contributed by atoms with van der Waals surface area (Å²) in [4.78, 5) is 17.6. The summed E-state index contributed by atoms with van der Waals surface area (Å²) in [6, 6.07) is 0. The number of thiol groups is 1. The Bertz CT molecular complexity index is 68.0. The fourth-order valence-electron chi connectivity index (χ4n) is 0.0962. The van der Waals surface area contributed by atoms with E-state index in [4.69, 9.17) is 0 Å². The molecule has 0 aliphatic heterocycles. The molecule has 0 aromatic carbocycles. The van der Waals surface area contributed by atoms with Gasteiger partial charge >= 0.3 is 0 Å². The van der Waals surface area contributed by atoms with E-state index in [0.29, 0.717) is 6.61 Å². The minimum Gasteiger partial charge on any atom is -0.288 e. The van der Waals surface area contributed by atoms with Gasteiger partial charge in [0.1, 0.15) is 0 Å². The van der Waals surface area contributed by atoms with E-state index in [-0.39, 0.29) is 5.12 Å². The molecule has 0 N–H and O–H groups in total. The molecule has 0 fully saturated rings. The number of hydrogen-bond acceptors (Lipinski definition) is 4. The van der Waals surface area contributed by atoms with Gasteiger partial charge in [0.15, 0.2) is 5.12 Å². The molecule has 0 atom stereocenters. The molecule has 0 saturated carbocycles. The third-order valence-electron chi connectivity index (χ3n) is 0.234. The smallest absolute Gasteiger partial charge is 0.182 e. The summed E-state index contributed by atoms with van der Waals surface area (Å²) in [5, 5.41) is 3.84. The zero-order chi connectivity index (χ0) is 8.41. The molecule has 0 amide bonds. The molecule has 0 bridgehead atoms. The zero-order valence-corrected chi connectivity index (χ0v) is 7.18. The molecule has 0 aromatic rings. The lowest BCUT2D eigenvalue weighted by Gasteiger charge is -1.90. The van der Waals surface area contributed by atoms with Crippen LogP contribution in [0, 0.1) is 0 Å². The first kappa shape index (κ1) is 12.6. The zero-order valence-electron chi connectivity index (χ0n) is 6.29. The average molecular weight is 168 g/mol. The van der Waals surface area contributed by atoms with E-state index in [1.54, 1.807) is 6.92 Å². The second kappa shape index (κ2) is 11.7. The number of carbonyl (C=O) groups excluding carboxylic acids is 1. The fraction of sp³-hybridized carbons (Fsp3) is 0.800. The Balaban J connectivity index is 0. The summed E-state index contributed by atoms with van der Waals surface area (Å²) < 4.78 is 0. The van der Waals surface area contributed by atoms with Crippen LogP contribution in [-0.4, -0.2) is 18.8 Å². The third kappa shape index (κ3) is 44.7. The van der Waals surface area contributed by atoms with Gasteiger partial charge in [0.25, 0.3) is 0 Å². The quantitative estimate of drug-likeness (QED) is 0.295. The number of carbonyl (C=O) groups is 1. The van der Waals surface area contributed by atoms with Crippen LogP contribution in [0.4, 0.5) is 0 Å². The lowest BCUT2D eigenvalue weighted by atomic mass is 10.9. The highest BCUT2D eigenvalue weighted by atomic mass is 32.1. The molecular formula is C5H12O4S. The van der Waals surface area contributed by atoms with Crippen molar-refractivity contribution in [2.24, 2.45) is 0 Å². The molecule has 0 unspecified atom stereocenters. The lowest BCUT2D eigenvalue weighted by Crippen LogP contribution is -1.89. The SMILES string of the molecule is CC(=O)S.CCOOOC. The minimum absolute atomic E-state index is 0.139. The van der Waals surface area contributed by atoms with Gasteiger partial charge in [-0.25, -0.2) is 9.78 Å². The average Bonchev–Trinajstić information content (AvgIpc) is 1.82. The summed E-state index contributed by atoms with van der Waals surface area (Å²) in [7, 11) is 1.38. The largest absolute Gasteiger partial charge is 0.288 e. The standard InChI is InChI=1S/C3H8O3.C2H4OS/c1-3-5-6-4-2;1-2(3)4/h3H2,1-2H3;1H3,(H,3,4).